The third-order valence-corrected chi connectivity index (χ3v) is 2.78. The lowest BCUT2D eigenvalue weighted by atomic mass is 10.1. The smallest absolute Gasteiger partial charge is 0.231 e. The number of rotatable bonds is 5. The molecule has 0 radical (unpaired) electrons. The maximum Gasteiger partial charge on any atom is 0.231 e. The van der Waals surface area contributed by atoms with Gasteiger partial charge in [-0.1, -0.05) is 12.1 Å². The first-order chi connectivity index (χ1) is 9.33. The van der Waals surface area contributed by atoms with Gasteiger partial charge in [0.15, 0.2) is 17.5 Å². The van der Waals surface area contributed by atoms with Crippen molar-refractivity contribution in [3.63, 3.8) is 0 Å². The molecule has 0 aromatic heterocycles. The van der Waals surface area contributed by atoms with Gasteiger partial charge in [-0.15, -0.1) is 6.58 Å². The van der Waals surface area contributed by atoms with Crippen molar-refractivity contribution in [2.75, 3.05) is 26.9 Å². The summed E-state index contributed by atoms with van der Waals surface area (Å²) >= 11 is 0. The molecule has 1 aromatic rings. The van der Waals surface area contributed by atoms with E-state index in [1.807, 2.05) is 12.1 Å². The Bertz CT molecular complexity index is 472. The molecular weight excluding hydrogens is 242 g/mol. The average molecular weight is 261 g/mol. The molecule has 1 aliphatic rings. The van der Waals surface area contributed by atoms with Crippen LogP contribution in [0.25, 0.3) is 0 Å². The van der Waals surface area contributed by atoms with E-state index >= 15 is 0 Å². The van der Waals surface area contributed by atoms with E-state index < -0.39 is 0 Å². The molecule has 0 unspecified atom stereocenters. The Kier molecular flexibility index (Phi) is 4.66. The van der Waals surface area contributed by atoms with E-state index in [2.05, 4.69) is 28.3 Å². The molecule has 0 atom stereocenters. The zero-order valence-corrected chi connectivity index (χ0v) is 11.1. The third-order valence-electron chi connectivity index (χ3n) is 2.78. The lowest BCUT2D eigenvalue weighted by Gasteiger charge is -2.10. The summed E-state index contributed by atoms with van der Waals surface area (Å²) < 4.78 is 10.6. The van der Waals surface area contributed by atoms with E-state index in [1.165, 1.54) is 5.56 Å². The van der Waals surface area contributed by atoms with Crippen LogP contribution in [0.1, 0.15) is 5.56 Å². The Labute approximate surface area is 113 Å². The first-order valence-electron chi connectivity index (χ1n) is 6.27. The van der Waals surface area contributed by atoms with Crippen LogP contribution in [-0.2, 0) is 6.42 Å². The monoisotopic (exact) mass is 261 g/mol. The number of benzene rings is 1. The average Bonchev–Trinajstić information content (AvgIpc) is 2.90. The van der Waals surface area contributed by atoms with Gasteiger partial charge in [-0.2, -0.15) is 0 Å². The van der Waals surface area contributed by atoms with Crippen molar-refractivity contribution in [1.29, 1.82) is 0 Å². The predicted molar refractivity (Wildman–Crippen MR) is 75.8 cm³/mol. The number of guanidine groups is 1. The molecule has 102 valence electrons. The van der Waals surface area contributed by atoms with Crippen LogP contribution in [0.15, 0.2) is 35.8 Å². The Hall–Kier alpha value is -2.17. The minimum atomic E-state index is 0.315. The predicted octanol–water partition coefficient (Wildman–Crippen LogP) is 1.31. The molecule has 0 spiro atoms. The summed E-state index contributed by atoms with van der Waals surface area (Å²) in [6.07, 6.45) is 2.69. The highest BCUT2D eigenvalue weighted by Crippen LogP contribution is 2.32. The molecule has 2 rings (SSSR count). The van der Waals surface area contributed by atoms with Crippen molar-refractivity contribution in [2.45, 2.75) is 6.42 Å². The van der Waals surface area contributed by atoms with Gasteiger partial charge in [-0.3, -0.25) is 4.99 Å². The molecule has 0 saturated heterocycles. The van der Waals surface area contributed by atoms with Crippen LogP contribution in [0.4, 0.5) is 0 Å². The van der Waals surface area contributed by atoms with Gasteiger partial charge in [0.25, 0.3) is 0 Å². The van der Waals surface area contributed by atoms with Crippen molar-refractivity contribution in [2.24, 2.45) is 4.99 Å². The van der Waals surface area contributed by atoms with Gasteiger partial charge in [0, 0.05) is 20.1 Å². The van der Waals surface area contributed by atoms with E-state index in [-0.39, 0.29) is 0 Å². The van der Waals surface area contributed by atoms with Crippen LogP contribution in [0.5, 0.6) is 11.5 Å². The summed E-state index contributed by atoms with van der Waals surface area (Å²) in [6, 6.07) is 6.02. The molecule has 0 aliphatic carbocycles. The van der Waals surface area contributed by atoms with Gasteiger partial charge < -0.3 is 20.1 Å². The SMILES string of the molecule is C=CCNC(=NC)NCCc1ccc2c(c1)OCO2. The van der Waals surface area contributed by atoms with E-state index in [0.717, 1.165) is 30.4 Å². The summed E-state index contributed by atoms with van der Waals surface area (Å²) in [6.45, 7) is 5.47. The molecule has 1 aliphatic heterocycles. The summed E-state index contributed by atoms with van der Waals surface area (Å²) in [5.74, 6) is 2.42. The van der Waals surface area contributed by atoms with Gasteiger partial charge >= 0.3 is 0 Å². The molecule has 0 amide bonds. The second-order valence-corrected chi connectivity index (χ2v) is 4.11. The number of hydrogen-bond acceptors (Lipinski definition) is 3. The molecule has 2 N–H and O–H groups in total. The fourth-order valence-electron chi connectivity index (χ4n) is 1.81. The van der Waals surface area contributed by atoms with Crippen LogP contribution in [0, 0.1) is 0 Å². The van der Waals surface area contributed by atoms with Gasteiger partial charge in [0.2, 0.25) is 6.79 Å². The quantitative estimate of drug-likeness (QED) is 0.477. The molecular formula is C14H19N3O2. The number of ether oxygens (including phenoxy) is 2. The molecule has 19 heavy (non-hydrogen) atoms. The summed E-state index contributed by atoms with van der Waals surface area (Å²) in [4.78, 5) is 4.12. The van der Waals surface area contributed by atoms with Crippen LogP contribution < -0.4 is 20.1 Å². The van der Waals surface area contributed by atoms with Gasteiger partial charge in [-0.25, -0.2) is 0 Å². The Morgan fingerprint density at radius 3 is 3.00 bits per heavy atom. The van der Waals surface area contributed by atoms with E-state index in [9.17, 15) is 0 Å². The van der Waals surface area contributed by atoms with Crippen molar-refractivity contribution in [1.82, 2.24) is 10.6 Å². The summed E-state index contributed by atoms with van der Waals surface area (Å²) in [5, 5.41) is 6.36. The highest BCUT2D eigenvalue weighted by atomic mass is 16.7. The van der Waals surface area contributed by atoms with E-state index in [1.54, 1.807) is 13.1 Å². The molecule has 5 heteroatoms. The zero-order chi connectivity index (χ0) is 13.5. The largest absolute Gasteiger partial charge is 0.454 e. The highest BCUT2D eigenvalue weighted by Gasteiger charge is 2.12. The number of fused-ring (bicyclic) bond motifs is 1. The number of aliphatic imine (C=N–C) groups is 1. The first kappa shape index (κ1) is 13.3. The van der Waals surface area contributed by atoms with E-state index in [0.29, 0.717) is 13.3 Å². The number of nitrogens with zero attached hydrogens (tertiary/aromatic N) is 1. The maximum absolute atomic E-state index is 5.35. The van der Waals surface area contributed by atoms with Gasteiger partial charge in [0.1, 0.15) is 0 Å². The first-order valence-corrected chi connectivity index (χ1v) is 6.27. The molecule has 1 heterocycles. The standard InChI is InChI=1S/C14H19N3O2/c1-3-7-16-14(15-2)17-8-6-11-4-5-12-13(9-11)19-10-18-12/h3-5,9H,1,6-8,10H2,2H3,(H2,15,16,17). The Morgan fingerprint density at radius 1 is 1.37 bits per heavy atom. The number of hydrogen-bond donors (Lipinski definition) is 2. The van der Waals surface area contributed by atoms with Crippen LogP contribution in [-0.4, -0.2) is 32.9 Å². The fourth-order valence-corrected chi connectivity index (χ4v) is 1.81. The second kappa shape index (κ2) is 6.68. The molecule has 0 bridgehead atoms. The zero-order valence-electron chi connectivity index (χ0n) is 11.1. The number of nitrogens with one attached hydrogen (secondary N) is 2. The topological polar surface area (TPSA) is 54.9 Å². The maximum atomic E-state index is 5.35. The molecule has 0 saturated carbocycles. The van der Waals surface area contributed by atoms with Crippen LogP contribution in [0.2, 0.25) is 0 Å². The third kappa shape index (κ3) is 3.64. The van der Waals surface area contributed by atoms with Crippen molar-refractivity contribution in [3.05, 3.63) is 36.4 Å². The van der Waals surface area contributed by atoms with Gasteiger partial charge in [0.05, 0.1) is 0 Å². The lowest BCUT2D eigenvalue weighted by molar-refractivity contribution is 0.174. The van der Waals surface area contributed by atoms with Gasteiger partial charge in [-0.05, 0) is 24.1 Å². The summed E-state index contributed by atoms with van der Waals surface area (Å²) in [7, 11) is 1.75. The highest BCUT2D eigenvalue weighted by molar-refractivity contribution is 5.79. The Balaban J connectivity index is 1.80. The fraction of sp³-hybridized carbons (Fsp3) is 0.357. The minimum absolute atomic E-state index is 0.315. The summed E-state index contributed by atoms with van der Waals surface area (Å²) in [5.41, 5.74) is 1.20. The van der Waals surface area contributed by atoms with Crippen molar-refractivity contribution in [3.8, 4) is 11.5 Å². The minimum Gasteiger partial charge on any atom is -0.454 e. The molecule has 0 fully saturated rings. The van der Waals surface area contributed by atoms with Crippen molar-refractivity contribution < 1.29 is 9.47 Å². The lowest BCUT2D eigenvalue weighted by Crippen LogP contribution is -2.38. The van der Waals surface area contributed by atoms with Crippen LogP contribution >= 0.6 is 0 Å². The second-order valence-electron chi connectivity index (χ2n) is 4.11. The normalized spacial score (nSPS) is 13.2. The van der Waals surface area contributed by atoms with Crippen LogP contribution in [0.3, 0.4) is 0 Å². The molecule has 1 aromatic carbocycles. The Morgan fingerprint density at radius 2 is 2.21 bits per heavy atom. The van der Waals surface area contributed by atoms with Crippen molar-refractivity contribution >= 4 is 5.96 Å². The molecule has 5 nitrogen and oxygen atoms in total. The van der Waals surface area contributed by atoms with E-state index in [4.69, 9.17) is 9.47 Å².